The first-order valence-corrected chi connectivity index (χ1v) is 5.31. The van der Waals surface area contributed by atoms with E-state index in [0.717, 1.165) is 10.9 Å². The molecule has 1 aromatic heterocycles. The van der Waals surface area contributed by atoms with Crippen molar-refractivity contribution in [3.63, 3.8) is 0 Å². The topological polar surface area (TPSA) is 66.0 Å². The SMILES string of the molecule is Cc1ccc2oc(C(=O)NC(C)C#N)cc2c1. The minimum atomic E-state index is -0.530. The van der Waals surface area contributed by atoms with E-state index in [-0.39, 0.29) is 11.7 Å². The molecule has 86 valence electrons. The van der Waals surface area contributed by atoms with Crippen LogP contribution >= 0.6 is 0 Å². The molecule has 0 aliphatic rings. The maximum absolute atomic E-state index is 11.7. The van der Waals surface area contributed by atoms with Gasteiger partial charge in [0, 0.05) is 5.39 Å². The Bertz CT molecular complexity index is 607. The van der Waals surface area contributed by atoms with E-state index in [9.17, 15) is 4.79 Å². The van der Waals surface area contributed by atoms with E-state index in [4.69, 9.17) is 9.68 Å². The van der Waals surface area contributed by atoms with Gasteiger partial charge in [-0.15, -0.1) is 0 Å². The molecule has 4 nitrogen and oxygen atoms in total. The summed E-state index contributed by atoms with van der Waals surface area (Å²) in [6, 6.07) is 8.79. The molecule has 2 aromatic rings. The molecule has 0 aliphatic carbocycles. The van der Waals surface area contributed by atoms with Crippen LogP contribution in [0.1, 0.15) is 23.0 Å². The van der Waals surface area contributed by atoms with Gasteiger partial charge in [-0.2, -0.15) is 5.26 Å². The lowest BCUT2D eigenvalue weighted by atomic mass is 10.2. The lowest BCUT2D eigenvalue weighted by Crippen LogP contribution is -2.30. The Labute approximate surface area is 98.8 Å². The number of fused-ring (bicyclic) bond motifs is 1. The van der Waals surface area contributed by atoms with Gasteiger partial charge in [0.25, 0.3) is 5.91 Å². The van der Waals surface area contributed by atoms with Crippen LogP contribution in [0.15, 0.2) is 28.7 Å². The van der Waals surface area contributed by atoms with Gasteiger partial charge in [0.2, 0.25) is 0 Å². The van der Waals surface area contributed by atoms with Crippen LogP contribution < -0.4 is 5.32 Å². The van der Waals surface area contributed by atoms with Crippen LogP contribution in [0.2, 0.25) is 0 Å². The molecule has 1 atom stereocenters. The fraction of sp³-hybridized carbons (Fsp3) is 0.231. The van der Waals surface area contributed by atoms with E-state index in [1.165, 1.54) is 0 Å². The molecule has 0 radical (unpaired) electrons. The third kappa shape index (κ3) is 2.28. The summed E-state index contributed by atoms with van der Waals surface area (Å²) in [6.07, 6.45) is 0. The summed E-state index contributed by atoms with van der Waals surface area (Å²) in [7, 11) is 0. The third-order valence-electron chi connectivity index (χ3n) is 2.44. The summed E-state index contributed by atoms with van der Waals surface area (Å²) < 4.78 is 5.41. The number of nitrogens with zero attached hydrogens (tertiary/aromatic N) is 1. The van der Waals surface area contributed by atoms with Crippen LogP contribution in [0.25, 0.3) is 11.0 Å². The standard InChI is InChI=1S/C13H12N2O2/c1-8-3-4-11-10(5-8)6-12(17-11)13(16)15-9(2)7-14/h3-6,9H,1-2H3,(H,15,16). The number of rotatable bonds is 2. The van der Waals surface area contributed by atoms with E-state index in [1.54, 1.807) is 13.0 Å². The van der Waals surface area contributed by atoms with Crippen LogP contribution in [0.5, 0.6) is 0 Å². The van der Waals surface area contributed by atoms with Gasteiger partial charge in [-0.05, 0) is 32.0 Å². The quantitative estimate of drug-likeness (QED) is 0.858. The van der Waals surface area contributed by atoms with Crippen molar-refractivity contribution in [1.82, 2.24) is 5.32 Å². The van der Waals surface area contributed by atoms with Gasteiger partial charge in [-0.1, -0.05) is 11.6 Å². The van der Waals surface area contributed by atoms with Crippen molar-refractivity contribution in [3.05, 3.63) is 35.6 Å². The molecule has 4 heteroatoms. The molecule has 0 bridgehead atoms. The zero-order valence-electron chi connectivity index (χ0n) is 9.65. The van der Waals surface area contributed by atoms with Gasteiger partial charge in [-0.3, -0.25) is 4.79 Å². The third-order valence-corrected chi connectivity index (χ3v) is 2.44. The van der Waals surface area contributed by atoms with E-state index in [1.807, 2.05) is 31.2 Å². The Balaban J connectivity index is 2.31. The van der Waals surface area contributed by atoms with Crippen molar-refractivity contribution < 1.29 is 9.21 Å². The Morgan fingerprint density at radius 2 is 2.24 bits per heavy atom. The minimum absolute atomic E-state index is 0.229. The fourth-order valence-electron chi connectivity index (χ4n) is 1.57. The Morgan fingerprint density at radius 1 is 1.47 bits per heavy atom. The van der Waals surface area contributed by atoms with Gasteiger partial charge >= 0.3 is 0 Å². The molecule has 0 spiro atoms. The second kappa shape index (κ2) is 4.30. The lowest BCUT2D eigenvalue weighted by molar-refractivity contribution is 0.0922. The zero-order valence-corrected chi connectivity index (χ0v) is 9.65. The van der Waals surface area contributed by atoms with Crippen molar-refractivity contribution in [1.29, 1.82) is 5.26 Å². The number of benzene rings is 1. The smallest absolute Gasteiger partial charge is 0.288 e. The molecule has 1 amide bonds. The molecule has 0 saturated heterocycles. The first-order chi connectivity index (χ1) is 8.10. The molecular weight excluding hydrogens is 216 g/mol. The Morgan fingerprint density at radius 3 is 2.94 bits per heavy atom. The van der Waals surface area contributed by atoms with Crippen molar-refractivity contribution in [2.75, 3.05) is 0 Å². The number of aryl methyl sites for hydroxylation is 1. The minimum Gasteiger partial charge on any atom is -0.451 e. The molecule has 1 heterocycles. The van der Waals surface area contributed by atoms with E-state index in [2.05, 4.69) is 5.32 Å². The van der Waals surface area contributed by atoms with Crippen LogP contribution in [0.3, 0.4) is 0 Å². The first kappa shape index (κ1) is 11.2. The average molecular weight is 228 g/mol. The molecule has 0 aliphatic heterocycles. The second-order valence-corrected chi connectivity index (χ2v) is 3.98. The Hall–Kier alpha value is -2.28. The number of hydrogen-bond acceptors (Lipinski definition) is 3. The van der Waals surface area contributed by atoms with Crippen LogP contribution in [-0.4, -0.2) is 11.9 Å². The van der Waals surface area contributed by atoms with Crippen LogP contribution in [0, 0.1) is 18.3 Å². The first-order valence-electron chi connectivity index (χ1n) is 5.31. The highest BCUT2D eigenvalue weighted by Crippen LogP contribution is 2.20. The molecular formula is C13H12N2O2. The normalized spacial score (nSPS) is 12.1. The summed E-state index contributed by atoms with van der Waals surface area (Å²) in [5.41, 5.74) is 1.78. The highest BCUT2D eigenvalue weighted by Gasteiger charge is 2.14. The number of amides is 1. The molecule has 1 unspecified atom stereocenters. The lowest BCUT2D eigenvalue weighted by Gasteiger charge is -2.02. The zero-order chi connectivity index (χ0) is 12.4. The largest absolute Gasteiger partial charge is 0.451 e. The number of furan rings is 1. The van der Waals surface area contributed by atoms with Gasteiger partial charge in [0.1, 0.15) is 11.6 Å². The van der Waals surface area contributed by atoms with Crippen molar-refractivity contribution in [2.45, 2.75) is 19.9 Å². The fourth-order valence-corrected chi connectivity index (χ4v) is 1.57. The molecule has 0 fully saturated rings. The van der Waals surface area contributed by atoms with E-state index >= 15 is 0 Å². The number of nitrogens with one attached hydrogen (secondary N) is 1. The van der Waals surface area contributed by atoms with Gasteiger partial charge < -0.3 is 9.73 Å². The van der Waals surface area contributed by atoms with E-state index < -0.39 is 6.04 Å². The highest BCUT2D eigenvalue weighted by atomic mass is 16.3. The van der Waals surface area contributed by atoms with Crippen molar-refractivity contribution in [3.8, 4) is 6.07 Å². The predicted molar refractivity (Wildman–Crippen MR) is 63.5 cm³/mol. The molecule has 0 saturated carbocycles. The second-order valence-electron chi connectivity index (χ2n) is 3.98. The van der Waals surface area contributed by atoms with Gasteiger partial charge in [-0.25, -0.2) is 0 Å². The van der Waals surface area contributed by atoms with Crippen LogP contribution in [0.4, 0.5) is 0 Å². The molecule has 1 aromatic carbocycles. The Kier molecular flexibility index (Phi) is 2.84. The van der Waals surface area contributed by atoms with Gasteiger partial charge in [0.15, 0.2) is 5.76 Å². The maximum atomic E-state index is 11.7. The average Bonchev–Trinajstić information content (AvgIpc) is 2.71. The van der Waals surface area contributed by atoms with Crippen molar-refractivity contribution in [2.24, 2.45) is 0 Å². The van der Waals surface area contributed by atoms with Crippen molar-refractivity contribution >= 4 is 16.9 Å². The molecule has 1 N–H and O–H groups in total. The highest BCUT2D eigenvalue weighted by molar-refractivity contribution is 5.96. The summed E-state index contributed by atoms with van der Waals surface area (Å²) in [5.74, 6) is -0.138. The maximum Gasteiger partial charge on any atom is 0.288 e. The van der Waals surface area contributed by atoms with Crippen LogP contribution in [-0.2, 0) is 0 Å². The number of nitriles is 1. The summed E-state index contributed by atoms with van der Waals surface area (Å²) in [4.78, 5) is 11.7. The monoisotopic (exact) mass is 228 g/mol. The number of hydrogen-bond donors (Lipinski definition) is 1. The number of carbonyl (C=O) groups is 1. The number of carbonyl (C=O) groups excluding carboxylic acids is 1. The summed E-state index contributed by atoms with van der Waals surface area (Å²) >= 11 is 0. The summed E-state index contributed by atoms with van der Waals surface area (Å²) in [6.45, 7) is 3.59. The molecule has 2 rings (SSSR count). The summed E-state index contributed by atoms with van der Waals surface area (Å²) in [5, 5.41) is 12.0. The van der Waals surface area contributed by atoms with E-state index in [0.29, 0.717) is 5.58 Å². The predicted octanol–water partition coefficient (Wildman–Crippen LogP) is 2.38. The van der Waals surface area contributed by atoms with Gasteiger partial charge in [0.05, 0.1) is 6.07 Å². The molecule has 17 heavy (non-hydrogen) atoms.